The van der Waals surface area contributed by atoms with E-state index in [9.17, 15) is 10.1 Å². The number of nitrogens with one attached hydrogen (secondary N) is 2. The molecule has 1 aliphatic rings. The van der Waals surface area contributed by atoms with Crippen LogP contribution in [-0.2, 0) is 18.4 Å². The van der Waals surface area contributed by atoms with Gasteiger partial charge in [0.05, 0.1) is 5.56 Å². The molecule has 0 unspecified atom stereocenters. The van der Waals surface area contributed by atoms with E-state index < -0.39 is 0 Å². The molecule has 1 aliphatic heterocycles. The number of nitriles is 1. The first-order valence-corrected chi connectivity index (χ1v) is 11.3. The number of hydrogen-bond acceptors (Lipinski definition) is 4. The lowest BCUT2D eigenvalue weighted by Crippen LogP contribution is -2.54. The molecule has 1 aromatic heterocycles. The number of carbonyl (C=O) groups is 1. The van der Waals surface area contributed by atoms with E-state index in [1.165, 1.54) is 16.9 Å². The second-order valence-corrected chi connectivity index (χ2v) is 10.4. The minimum Gasteiger partial charge on any atom is -0.312 e. The van der Waals surface area contributed by atoms with E-state index in [4.69, 9.17) is 0 Å². The van der Waals surface area contributed by atoms with E-state index in [1.807, 2.05) is 42.5 Å². The molecule has 2 heterocycles. The summed E-state index contributed by atoms with van der Waals surface area (Å²) in [5, 5.41) is 17.1. The van der Waals surface area contributed by atoms with Crippen molar-refractivity contribution in [3.05, 3.63) is 87.3 Å². The summed E-state index contributed by atoms with van der Waals surface area (Å²) in [5.74, 6) is -0.189. The van der Waals surface area contributed by atoms with Gasteiger partial charge in [0.25, 0.3) is 5.91 Å². The first kappa shape index (κ1) is 21.3. The lowest BCUT2D eigenvalue weighted by Gasteiger charge is -2.42. The van der Waals surface area contributed by atoms with Gasteiger partial charge in [-0.15, -0.1) is 11.3 Å². The van der Waals surface area contributed by atoms with Crippen LogP contribution in [0.5, 0.6) is 0 Å². The Hall–Kier alpha value is -2.94. The van der Waals surface area contributed by atoms with Crippen molar-refractivity contribution in [2.75, 3.05) is 5.32 Å². The van der Waals surface area contributed by atoms with Crippen LogP contribution in [0, 0.1) is 11.3 Å². The average Bonchev–Trinajstić information content (AvgIpc) is 3.05. The van der Waals surface area contributed by atoms with Crippen molar-refractivity contribution in [2.45, 2.75) is 51.6 Å². The third-order valence-corrected chi connectivity index (χ3v) is 7.12. The first-order chi connectivity index (χ1) is 14.7. The molecule has 31 heavy (non-hydrogen) atoms. The Labute approximate surface area is 187 Å². The van der Waals surface area contributed by atoms with Crippen LogP contribution >= 0.6 is 11.3 Å². The molecule has 0 aliphatic carbocycles. The van der Waals surface area contributed by atoms with Crippen LogP contribution in [0.2, 0.25) is 0 Å². The number of anilines is 1. The quantitative estimate of drug-likeness (QED) is 0.565. The van der Waals surface area contributed by atoms with Gasteiger partial charge < -0.3 is 10.6 Å². The van der Waals surface area contributed by atoms with Crippen LogP contribution in [0.25, 0.3) is 0 Å². The SMILES string of the molecule is CC1(C)Cc2c(sc(NC(=O)c3ccc(Cc4ccccc4)cc3)c2C#N)C(C)(C)N1. The minimum atomic E-state index is -0.255. The van der Waals surface area contributed by atoms with Crippen LogP contribution in [0.1, 0.15) is 65.2 Å². The summed E-state index contributed by atoms with van der Waals surface area (Å²) >= 11 is 1.51. The van der Waals surface area contributed by atoms with E-state index in [0.29, 0.717) is 16.1 Å². The number of carbonyl (C=O) groups excluding carboxylic acids is 1. The summed E-state index contributed by atoms with van der Waals surface area (Å²) in [6.07, 6.45) is 1.59. The molecular weight excluding hydrogens is 402 g/mol. The Morgan fingerprint density at radius 3 is 2.35 bits per heavy atom. The van der Waals surface area contributed by atoms with Gasteiger partial charge in [-0.2, -0.15) is 5.26 Å². The molecule has 4 nitrogen and oxygen atoms in total. The molecule has 1 amide bonds. The Balaban J connectivity index is 1.55. The normalized spacial score (nSPS) is 16.2. The average molecular weight is 430 g/mol. The Morgan fingerprint density at radius 2 is 1.71 bits per heavy atom. The van der Waals surface area contributed by atoms with Gasteiger partial charge in [0, 0.05) is 21.5 Å². The van der Waals surface area contributed by atoms with E-state index in [-0.39, 0.29) is 17.0 Å². The Bertz CT molecular complexity index is 1150. The van der Waals surface area contributed by atoms with Crippen LogP contribution in [0.15, 0.2) is 54.6 Å². The molecule has 5 heteroatoms. The zero-order valence-electron chi connectivity index (χ0n) is 18.4. The zero-order chi connectivity index (χ0) is 22.2. The molecule has 3 aromatic rings. The monoisotopic (exact) mass is 429 g/mol. The molecule has 0 fully saturated rings. The predicted octanol–water partition coefficient (Wildman–Crippen LogP) is 5.62. The van der Waals surface area contributed by atoms with Gasteiger partial charge in [0.15, 0.2) is 0 Å². The fourth-order valence-corrected chi connectivity index (χ4v) is 5.74. The summed E-state index contributed by atoms with van der Waals surface area (Å²) in [5.41, 5.74) is 4.26. The van der Waals surface area contributed by atoms with Crippen molar-refractivity contribution in [1.82, 2.24) is 5.32 Å². The maximum absolute atomic E-state index is 12.9. The summed E-state index contributed by atoms with van der Waals surface area (Å²) < 4.78 is 0. The number of benzene rings is 2. The highest BCUT2D eigenvalue weighted by Crippen LogP contribution is 2.44. The van der Waals surface area contributed by atoms with Gasteiger partial charge >= 0.3 is 0 Å². The maximum Gasteiger partial charge on any atom is 0.256 e. The van der Waals surface area contributed by atoms with E-state index in [1.54, 1.807) is 0 Å². The van der Waals surface area contributed by atoms with Crippen molar-refractivity contribution in [2.24, 2.45) is 0 Å². The number of nitrogens with zero attached hydrogens (tertiary/aromatic N) is 1. The van der Waals surface area contributed by atoms with Crippen LogP contribution < -0.4 is 10.6 Å². The highest BCUT2D eigenvalue weighted by molar-refractivity contribution is 7.17. The van der Waals surface area contributed by atoms with Gasteiger partial charge in [-0.05, 0) is 69.4 Å². The number of thiophene rings is 1. The molecule has 158 valence electrons. The van der Waals surface area contributed by atoms with Gasteiger partial charge in [0.1, 0.15) is 11.1 Å². The minimum absolute atomic E-state index is 0.112. The Kier molecular flexibility index (Phi) is 5.47. The molecule has 4 rings (SSSR count). The zero-order valence-corrected chi connectivity index (χ0v) is 19.2. The fraction of sp³-hybridized carbons (Fsp3) is 0.308. The molecule has 0 atom stereocenters. The number of fused-ring (bicyclic) bond motifs is 1. The van der Waals surface area contributed by atoms with Crippen molar-refractivity contribution in [1.29, 1.82) is 5.26 Å². The Morgan fingerprint density at radius 1 is 1.06 bits per heavy atom. The first-order valence-electron chi connectivity index (χ1n) is 10.5. The predicted molar refractivity (Wildman–Crippen MR) is 127 cm³/mol. The van der Waals surface area contributed by atoms with Gasteiger partial charge in [0.2, 0.25) is 0 Å². The molecule has 0 saturated heterocycles. The van der Waals surface area contributed by atoms with E-state index in [2.05, 4.69) is 56.5 Å². The molecular formula is C26H27N3OS. The van der Waals surface area contributed by atoms with E-state index >= 15 is 0 Å². The number of hydrogen-bond donors (Lipinski definition) is 2. The lowest BCUT2D eigenvalue weighted by molar-refractivity contribution is 0.102. The smallest absolute Gasteiger partial charge is 0.256 e. The van der Waals surface area contributed by atoms with Crippen LogP contribution in [-0.4, -0.2) is 11.4 Å². The molecule has 0 bridgehead atoms. The number of rotatable bonds is 4. The highest BCUT2D eigenvalue weighted by Gasteiger charge is 2.40. The maximum atomic E-state index is 12.9. The second kappa shape index (κ2) is 7.96. The molecule has 0 spiro atoms. The van der Waals surface area contributed by atoms with Crippen LogP contribution in [0.4, 0.5) is 5.00 Å². The van der Waals surface area contributed by atoms with Gasteiger partial charge in [-0.1, -0.05) is 42.5 Å². The summed E-state index contributed by atoms with van der Waals surface area (Å²) in [6, 6.07) is 20.3. The van der Waals surface area contributed by atoms with Crippen molar-refractivity contribution in [3.63, 3.8) is 0 Å². The lowest BCUT2D eigenvalue weighted by atomic mass is 9.81. The highest BCUT2D eigenvalue weighted by atomic mass is 32.1. The molecule has 2 N–H and O–H groups in total. The standard InChI is InChI=1S/C26H27N3OS/c1-25(2)15-20-21(16-27)24(31-22(20)26(3,4)29-25)28-23(30)19-12-10-18(11-13-19)14-17-8-6-5-7-9-17/h5-13,29H,14-15H2,1-4H3,(H,28,30). The van der Waals surface area contributed by atoms with Gasteiger partial charge in [-0.25, -0.2) is 0 Å². The third-order valence-electron chi connectivity index (χ3n) is 5.65. The van der Waals surface area contributed by atoms with E-state index in [0.717, 1.165) is 28.8 Å². The molecule has 0 saturated carbocycles. The number of amides is 1. The van der Waals surface area contributed by atoms with Crippen molar-refractivity contribution < 1.29 is 4.79 Å². The van der Waals surface area contributed by atoms with Crippen molar-refractivity contribution >= 4 is 22.2 Å². The third kappa shape index (κ3) is 4.41. The molecule has 0 radical (unpaired) electrons. The van der Waals surface area contributed by atoms with Gasteiger partial charge in [-0.3, -0.25) is 4.79 Å². The fourth-order valence-electron chi connectivity index (χ4n) is 4.51. The van der Waals surface area contributed by atoms with Crippen molar-refractivity contribution in [3.8, 4) is 6.07 Å². The summed E-state index contributed by atoms with van der Waals surface area (Å²) in [7, 11) is 0. The summed E-state index contributed by atoms with van der Waals surface area (Å²) in [6.45, 7) is 8.54. The topological polar surface area (TPSA) is 64.9 Å². The largest absolute Gasteiger partial charge is 0.312 e. The second-order valence-electron chi connectivity index (χ2n) is 9.35. The molecule has 2 aromatic carbocycles. The summed E-state index contributed by atoms with van der Waals surface area (Å²) in [4.78, 5) is 14.0. The van der Waals surface area contributed by atoms with Crippen LogP contribution in [0.3, 0.4) is 0 Å².